The fourth-order valence-corrected chi connectivity index (χ4v) is 4.68. The molecule has 0 N–H and O–H groups in total. The Morgan fingerprint density at radius 1 is 0.457 bits per heavy atom. The van der Waals surface area contributed by atoms with Crippen molar-refractivity contribution >= 4 is 11.9 Å². The van der Waals surface area contributed by atoms with Gasteiger partial charge in [-0.15, -0.1) is 0 Å². The Balaban J connectivity index is 4.18. The van der Waals surface area contributed by atoms with Crippen molar-refractivity contribution in [1.82, 2.24) is 0 Å². The molecular formula is C31H60O4. The molecule has 4 nitrogen and oxygen atoms in total. The molecule has 35 heavy (non-hydrogen) atoms. The minimum atomic E-state index is -0.417. The first-order valence-electron chi connectivity index (χ1n) is 15.6. The lowest BCUT2D eigenvalue weighted by atomic mass is 9.94. The minimum Gasteiger partial charge on any atom is -0.247 e. The first-order chi connectivity index (χ1) is 17.2. The van der Waals surface area contributed by atoms with Crippen LogP contribution >= 0.6 is 0 Å². The van der Waals surface area contributed by atoms with Crippen molar-refractivity contribution in [2.45, 2.75) is 181 Å². The highest BCUT2D eigenvalue weighted by Crippen LogP contribution is 2.21. The van der Waals surface area contributed by atoms with Gasteiger partial charge in [0.25, 0.3) is 0 Å². The van der Waals surface area contributed by atoms with E-state index in [1.165, 1.54) is 103 Å². The third-order valence-electron chi connectivity index (χ3n) is 7.10. The highest BCUT2D eigenvalue weighted by atomic mass is 17.2. The average Bonchev–Trinajstić information content (AvgIpc) is 2.86. The molecule has 0 aromatic carbocycles. The zero-order valence-electron chi connectivity index (χ0n) is 23.9. The van der Waals surface area contributed by atoms with Gasteiger partial charge in [0.15, 0.2) is 0 Å². The second kappa shape index (κ2) is 27.5. The van der Waals surface area contributed by atoms with Crippen molar-refractivity contribution in [2.75, 3.05) is 0 Å². The van der Waals surface area contributed by atoms with Crippen molar-refractivity contribution in [3.8, 4) is 0 Å². The van der Waals surface area contributed by atoms with Crippen LogP contribution in [0.2, 0.25) is 0 Å². The number of hydrogen-bond donors (Lipinski definition) is 0. The molecule has 0 radical (unpaired) electrons. The number of hydrogen-bond acceptors (Lipinski definition) is 4. The van der Waals surface area contributed by atoms with Crippen LogP contribution < -0.4 is 0 Å². The highest BCUT2D eigenvalue weighted by Gasteiger charge is 2.22. The second-order valence-corrected chi connectivity index (χ2v) is 10.6. The molecule has 0 aliphatic rings. The molecule has 0 bridgehead atoms. The Morgan fingerprint density at radius 3 is 1.20 bits per heavy atom. The molecule has 0 spiro atoms. The van der Waals surface area contributed by atoms with E-state index in [1.807, 2.05) is 0 Å². The third-order valence-corrected chi connectivity index (χ3v) is 7.10. The van der Waals surface area contributed by atoms with Gasteiger partial charge in [-0.1, -0.05) is 156 Å². The molecule has 0 aliphatic heterocycles. The lowest BCUT2D eigenvalue weighted by Gasteiger charge is -2.15. The molecule has 0 aromatic heterocycles. The summed E-state index contributed by atoms with van der Waals surface area (Å²) < 4.78 is 0. The van der Waals surface area contributed by atoms with E-state index < -0.39 is 5.97 Å². The molecule has 4 heteroatoms. The van der Waals surface area contributed by atoms with Crippen molar-refractivity contribution in [3.63, 3.8) is 0 Å². The maximum absolute atomic E-state index is 12.7. The first kappa shape index (κ1) is 33.9. The van der Waals surface area contributed by atoms with E-state index in [-0.39, 0.29) is 11.9 Å². The van der Waals surface area contributed by atoms with Gasteiger partial charge in [0.1, 0.15) is 0 Å². The molecule has 0 aliphatic carbocycles. The second-order valence-electron chi connectivity index (χ2n) is 10.6. The molecule has 0 heterocycles. The van der Waals surface area contributed by atoms with Gasteiger partial charge >= 0.3 is 11.9 Å². The van der Waals surface area contributed by atoms with Crippen LogP contribution in [0.1, 0.15) is 181 Å². The van der Waals surface area contributed by atoms with Crippen LogP contribution in [0.15, 0.2) is 0 Å². The third kappa shape index (κ3) is 24.4. The predicted octanol–water partition coefficient (Wildman–Crippen LogP) is 10.4. The van der Waals surface area contributed by atoms with E-state index in [0.29, 0.717) is 6.42 Å². The highest BCUT2D eigenvalue weighted by molar-refractivity contribution is 5.74. The zero-order valence-corrected chi connectivity index (χ0v) is 23.9. The molecule has 0 saturated heterocycles. The van der Waals surface area contributed by atoms with Crippen LogP contribution in [0.4, 0.5) is 0 Å². The summed E-state index contributed by atoms with van der Waals surface area (Å²) >= 11 is 0. The summed E-state index contributed by atoms with van der Waals surface area (Å²) in [5.41, 5.74) is 0. The summed E-state index contributed by atoms with van der Waals surface area (Å²) in [6.07, 6.45) is 29.0. The Morgan fingerprint density at radius 2 is 0.800 bits per heavy atom. The summed E-state index contributed by atoms with van der Waals surface area (Å²) in [6.45, 7) is 6.65. The van der Waals surface area contributed by atoms with Crippen LogP contribution in [0.25, 0.3) is 0 Å². The number of carbonyl (C=O) groups excluding carboxylic acids is 2. The van der Waals surface area contributed by atoms with Gasteiger partial charge in [0.2, 0.25) is 0 Å². The normalized spacial score (nSPS) is 12.0. The van der Waals surface area contributed by atoms with Crippen molar-refractivity contribution in [3.05, 3.63) is 0 Å². The Labute approximate surface area is 218 Å². The Kier molecular flexibility index (Phi) is 26.7. The summed E-state index contributed by atoms with van der Waals surface area (Å²) in [7, 11) is 0. The number of unbranched alkanes of at least 4 members (excludes halogenated alkanes) is 19. The van der Waals surface area contributed by atoms with E-state index >= 15 is 0 Å². The SMILES string of the molecule is CCCCCCCCCCCCC(CCCCCCCCCC)C(=O)OOC(=O)CCCCCC. The average molecular weight is 497 g/mol. The quantitative estimate of drug-likeness (QED) is 0.0678. The number of rotatable bonds is 26. The van der Waals surface area contributed by atoms with Gasteiger partial charge in [0.05, 0.1) is 12.3 Å². The Hall–Kier alpha value is -1.06. The van der Waals surface area contributed by atoms with E-state index in [2.05, 4.69) is 20.8 Å². The Bertz CT molecular complexity index is 463. The molecule has 0 saturated carbocycles. The molecule has 0 amide bonds. The largest absolute Gasteiger partial charge is 0.358 e. The van der Waals surface area contributed by atoms with Gasteiger partial charge < -0.3 is 0 Å². The van der Waals surface area contributed by atoms with Crippen LogP contribution in [0.3, 0.4) is 0 Å². The van der Waals surface area contributed by atoms with Gasteiger partial charge in [-0.2, -0.15) is 0 Å². The van der Waals surface area contributed by atoms with E-state index in [0.717, 1.165) is 51.4 Å². The predicted molar refractivity (Wildman–Crippen MR) is 148 cm³/mol. The zero-order chi connectivity index (χ0) is 25.8. The van der Waals surface area contributed by atoms with Gasteiger partial charge in [-0.05, 0) is 19.3 Å². The lowest BCUT2D eigenvalue weighted by molar-refractivity contribution is -0.262. The van der Waals surface area contributed by atoms with Crippen LogP contribution in [0.5, 0.6) is 0 Å². The maximum atomic E-state index is 12.7. The summed E-state index contributed by atoms with van der Waals surface area (Å²) in [5, 5.41) is 0. The molecule has 208 valence electrons. The van der Waals surface area contributed by atoms with Crippen molar-refractivity contribution in [2.24, 2.45) is 5.92 Å². The van der Waals surface area contributed by atoms with Crippen LogP contribution in [-0.2, 0) is 19.4 Å². The topological polar surface area (TPSA) is 52.6 Å². The standard InChI is InChI=1S/C31H60O4/c1-4-7-10-13-15-17-18-20-22-24-27-29(26-23-21-19-16-14-11-8-5-2)31(33)35-34-30(32)28-25-12-9-6-3/h29H,4-28H2,1-3H3. The van der Waals surface area contributed by atoms with Gasteiger partial charge in [-0.25, -0.2) is 19.4 Å². The van der Waals surface area contributed by atoms with Crippen molar-refractivity contribution < 1.29 is 19.4 Å². The van der Waals surface area contributed by atoms with Crippen LogP contribution in [0, 0.1) is 5.92 Å². The lowest BCUT2D eigenvalue weighted by Crippen LogP contribution is -2.20. The summed E-state index contributed by atoms with van der Waals surface area (Å²) in [5.74, 6) is -0.901. The summed E-state index contributed by atoms with van der Waals surface area (Å²) in [4.78, 5) is 34.4. The molecule has 1 unspecified atom stereocenters. The van der Waals surface area contributed by atoms with Gasteiger partial charge in [-0.3, -0.25) is 0 Å². The molecular weight excluding hydrogens is 436 g/mol. The minimum absolute atomic E-state index is 0.142. The van der Waals surface area contributed by atoms with E-state index in [1.54, 1.807) is 0 Å². The smallest absolute Gasteiger partial charge is 0.247 e. The van der Waals surface area contributed by atoms with Crippen molar-refractivity contribution in [1.29, 1.82) is 0 Å². The van der Waals surface area contributed by atoms with E-state index in [4.69, 9.17) is 9.78 Å². The fourth-order valence-electron chi connectivity index (χ4n) is 4.68. The molecule has 0 fully saturated rings. The molecule has 0 aromatic rings. The first-order valence-corrected chi connectivity index (χ1v) is 15.6. The van der Waals surface area contributed by atoms with Gasteiger partial charge in [0, 0.05) is 0 Å². The van der Waals surface area contributed by atoms with Crippen LogP contribution in [-0.4, -0.2) is 11.9 Å². The fraction of sp³-hybridized carbons (Fsp3) is 0.935. The molecule has 0 rings (SSSR count). The number of carbonyl (C=O) groups is 2. The maximum Gasteiger partial charge on any atom is 0.358 e. The monoisotopic (exact) mass is 496 g/mol. The van der Waals surface area contributed by atoms with E-state index in [9.17, 15) is 9.59 Å². The molecule has 1 atom stereocenters. The summed E-state index contributed by atoms with van der Waals surface area (Å²) in [6, 6.07) is 0.